The van der Waals surface area contributed by atoms with Gasteiger partial charge in [0, 0.05) is 17.9 Å². The monoisotopic (exact) mass is 220 g/mol. The molecule has 1 heterocycles. The van der Waals surface area contributed by atoms with Gasteiger partial charge in [0.05, 0.1) is 6.54 Å². The van der Waals surface area contributed by atoms with E-state index in [-0.39, 0.29) is 5.82 Å². The molecule has 1 aromatic carbocycles. The van der Waals surface area contributed by atoms with Gasteiger partial charge in [0.2, 0.25) is 0 Å². The molecule has 2 rings (SSSR count). The lowest BCUT2D eigenvalue weighted by Gasteiger charge is -2.01. The summed E-state index contributed by atoms with van der Waals surface area (Å²) in [4.78, 5) is 0. The SMILES string of the molecule is OB(O)c1cnn(Cc2ccc(F)cc2)c1. The van der Waals surface area contributed by atoms with E-state index in [1.54, 1.807) is 16.8 Å². The van der Waals surface area contributed by atoms with Crippen LogP contribution in [-0.4, -0.2) is 26.9 Å². The molecule has 0 atom stereocenters. The van der Waals surface area contributed by atoms with E-state index in [2.05, 4.69) is 5.10 Å². The van der Waals surface area contributed by atoms with Crippen LogP contribution in [0.25, 0.3) is 0 Å². The number of rotatable bonds is 3. The van der Waals surface area contributed by atoms with Crippen LogP contribution in [0.4, 0.5) is 4.39 Å². The second kappa shape index (κ2) is 4.46. The minimum Gasteiger partial charge on any atom is -0.423 e. The molecule has 4 nitrogen and oxygen atoms in total. The molecule has 0 aliphatic heterocycles. The lowest BCUT2D eigenvalue weighted by Crippen LogP contribution is -2.28. The number of nitrogens with zero attached hydrogens (tertiary/aromatic N) is 2. The maximum atomic E-state index is 12.6. The van der Waals surface area contributed by atoms with Gasteiger partial charge in [0.1, 0.15) is 5.82 Å². The Morgan fingerprint density at radius 3 is 2.50 bits per heavy atom. The molecular formula is C10H10BFN2O2. The Kier molecular flexibility index (Phi) is 3.03. The molecule has 1 aromatic heterocycles. The molecule has 82 valence electrons. The standard InChI is InChI=1S/C10H10BFN2O2/c12-10-3-1-8(2-4-10)6-14-7-9(5-13-14)11(15)16/h1-5,7,15-16H,6H2. The van der Waals surface area contributed by atoms with Gasteiger partial charge in [-0.2, -0.15) is 5.10 Å². The van der Waals surface area contributed by atoms with Crippen LogP contribution in [0.3, 0.4) is 0 Å². The second-order valence-electron chi connectivity index (χ2n) is 3.47. The maximum absolute atomic E-state index is 12.6. The zero-order valence-corrected chi connectivity index (χ0v) is 8.42. The van der Waals surface area contributed by atoms with E-state index in [1.165, 1.54) is 24.5 Å². The van der Waals surface area contributed by atoms with E-state index in [1.807, 2.05) is 0 Å². The normalized spacial score (nSPS) is 10.4. The Morgan fingerprint density at radius 1 is 1.25 bits per heavy atom. The molecule has 0 fully saturated rings. The largest absolute Gasteiger partial charge is 0.491 e. The Morgan fingerprint density at radius 2 is 1.94 bits per heavy atom. The number of hydrogen-bond acceptors (Lipinski definition) is 3. The van der Waals surface area contributed by atoms with E-state index in [9.17, 15) is 4.39 Å². The molecule has 0 radical (unpaired) electrons. The van der Waals surface area contributed by atoms with Gasteiger partial charge in [0.25, 0.3) is 0 Å². The van der Waals surface area contributed by atoms with E-state index >= 15 is 0 Å². The lowest BCUT2D eigenvalue weighted by molar-refractivity contribution is 0.425. The van der Waals surface area contributed by atoms with Gasteiger partial charge in [-0.15, -0.1) is 0 Å². The van der Waals surface area contributed by atoms with Gasteiger partial charge in [-0.05, 0) is 17.7 Å². The smallest absolute Gasteiger partial charge is 0.423 e. The van der Waals surface area contributed by atoms with Crippen molar-refractivity contribution in [1.82, 2.24) is 9.78 Å². The zero-order chi connectivity index (χ0) is 11.5. The maximum Gasteiger partial charge on any atom is 0.491 e. The summed E-state index contributed by atoms with van der Waals surface area (Å²) >= 11 is 0. The number of halogens is 1. The molecule has 16 heavy (non-hydrogen) atoms. The van der Waals surface area contributed by atoms with Crippen LogP contribution in [0.5, 0.6) is 0 Å². The fourth-order valence-corrected chi connectivity index (χ4v) is 1.38. The highest BCUT2D eigenvalue weighted by atomic mass is 19.1. The Bertz CT molecular complexity index is 470. The number of hydrogen-bond donors (Lipinski definition) is 2. The molecule has 0 aliphatic carbocycles. The summed E-state index contributed by atoms with van der Waals surface area (Å²) in [5, 5.41) is 21.7. The molecule has 0 saturated carbocycles. The molecule has 0 saturated heterocycles. The molecule has 0 aliphatic rings. The van der Waals surface area contributed by atoms with Crippen molar-refractivity contribution in [2.45, 2.75) is 6.54 Å². The summed E-state index contributed by atoms with van der Waals surface area (Å²) in [6, 6.07) is 6.07. The quantitative estimate of drug-likeness (QED) is 0.701. The highest BCUT2D eigenvalue weighted by Gasteiger charge is 2.12. The molecule has 2 N–H and O–H groups in total. The van der Waals surface area contributed by atoms with Crippen LogP contribution in [0.15, 0.2) is 36.7 Å². The van der Waals surface area contributed by atoms with Crippen molar-refractivity contribution >= 4 is 12.6 Å². The van der Waals surface area contributed by atoms with Crippen LogP contribution < -0.4 is 5.46 Å². The number of benzene rings is 1. The third kappa shape index (κ3) is 2.47. The third-order valence-electron chi connectivity index (χ3n) is 2.21. The Labute approximate surface area is 92.1 Å². The average molecular weight is 220 g/mol. The molecule has 0 bridgehead atoms. The molecule has 0 amide bonds. The third-order valence-corrected chi connectivity index (χ3v) is 2.21. The van der Waals surface area contributed by atoms with Crippen molar-refractivity contribution in [2.24, 2.45) is 0 Å². The Hall–Kier alpha value is -1.66. The first kappa shape index (κ1) is 10.8. The summed E-state index contributed by atoms with van der Waals surface area (Å²) in [5.41, 5.74) is 1.23. The second-order valence-corrected chi connectivity index (χ2v) is 3.47. The minimum absolute atomic E-state index is 0.282. The van der Waals surface area contributed by atoms with Crippen molar-refractivity contribution in [3.05, 3.63) is 48.0 Å². The van der Waals surface area contributed by atoms with Crippen molar-refractivity contribution in [2.75, 3.05) is 0 Å². The van der Waals surface area contributed by atoms with Gasteiger partial charge >= 0.3 is 7.12 Å². The van der Waals surface area contributed by atoms with Crippen molar-refractivity contribution in [1.29, 1.82) is 0 Å². The first-order valence-corrected chi connectivity index (χ1v) is 4.78. The molecule has 0 spiro atoms. The van der Waals surface area contributed by atoms with Crippen molar-refractivity contribution in [3.8, 4) is 0 Å². The van der Waals surface area contributed by atoms with E-state index in [4.69, 9.17) is 10.0 Å². The average Bonchev–Trinajstić information content (AvgIpc) is 2.70. The van der Waals surface area contributed by atoms with Gasteiger partial charge in [-0.1, -0.05) is 12.1 Å². The molecule has 2 aromatic rings. The van der Waals surface area contributed by atoms with E-state index in [0.717, 1.165) is 5.56 Å². The van der Waals surface area contributed by atoms with Crippen LogP contribution in [-0.2, 0) is 6.54 Å². The summed E-state index contributed by atoms with van der Waals surface area (Å²) in [6.45, 7) is 0.465. The lowest BCUT2D eigenvalue weighted by atomic mass is 9.83. The summed E-state index contributed by atoms with van der Waals surface area (Å²) in [6.07, 6.45) is 2.92. The van der Waals surface area contributed by atoms with Crippen molar-refractivity contribution in [3.63, 3.8) is 0 Å². The van der Waals surface area contributed by atoms with Crippen LogP contribution in [0.2, 0.25) is 0 Å². The summed E-state index contributed by atoms with van der Waals surface area (Å²) in [7, 11) is -1.51. The molecule has 0 unspecified atom stereocenters. The van der Waals surface area contributed by atoms with Gasteiger partial charge < -0.3 is 10.0 Å². The van der Waals surface area contributed by atoms with Crippen LogP contribution in [0, 0.1) is 5.82 Å². The van der Waals surface area contributed by atoms with Gasteiger partial charge in [0.15, 0.2) is 0 Å². The fraction of sp³-hybridized carbons (Fsp3) is 0.100. The molecular weight excluding hydrogens is 210 g/mol. The van der Waals surface area contributed by atoms with Crippen LogP contribution >= 0.6 is 0 Å². The molecule has 6 heteroatoms. The first-order valence-electron chi connectivity index (χ1n) is 4.78. The van der Waals surface area contributed by atoms with Crippen LogP contribution in [0.1, 0.15) is 5.56 Å². The fourth-order valence-electron chi connectivity index (χ4n) is 1.38. The Balaban J connectivity index is 2.11. The van der Waals surface area contributed by atoms with Crippen molar-refractivity contribution < 1.29 is 14.4 Å². The first-order chi connectivity index (χ1) is 7.65. The summed E-state index contributed by atoms with van der Waals surface area (Å²) in [5.74, 6) is -0.282. The highest BCUT2D eigenvalue weighted by molar-refractivity contribution is 6.58. The predicted octanol–water partition coefficient (Wildman–Crippen LogP) is -0.250. The topological polar surface area (TPSA) is 58.3 Å². The van der Waals surface area contributed by atoms with Gasteiger partial charge in [-0.25, -0.2) is 4.39 Å². The highest BCUT2D eigenvalue weighted by Crippen LogP contribution is 2.03. The predicted molar refractivity (Wildman–Crippen MR) is 57.6 cm³/mol. The number of aromatic nitrogens is 2. The van der Waals surface area contributed by atoms with Gasteiger partial charge in [-0.3, -0.25) is 4.68 Å². The van der Waals surface area contributed by atoms with E-state index in [0.29, 0.717) is 12.0 Å². The zero-order valence-electron chi connectivity index (χ0n) is 8.42. The minimum atomic E-state index is -1.51. The summed E-state index contributed by atoms with van der Waals surface area (Å²) < 4.78 is 14.2. The van der Waals surface area contributed by atoms with E-state index < -0.39 is 7.12 Å².